The van der Waals surface area contributed by atoms with E-state index in [1.165, 1.54) is 12.7 Å². The van der Waals surface area contributed by atoms with Crippen molar-refractivity contribution in [1.29, 1.82) is 0 Å². The molecule has 0 radical (unpaired) electrons. The van der Waals surface area contributed by atoms with Gasteiger partial charge in [-0.05, 0) is 36.2 Å². The highest BCUT2D eigenvalue weighted by molar-refractivity contribution is 5.90. The molecule has 2 rings (SSSR count). The smallest absolute Gasteiger partial charge is 0.338 e. The van der Waals surface area contributed by atoms with Gasteiger partial charge in [-0.3, -0.25) is 4.98 Å². The lowest BCUT2D eigenvalue weighted by Crippen LogP contribution is -2.19. The van der Waals surface area contributed by atoms with Crippen LogP contribution in [0.1, 0.15) is 21.5 Å². The highest BCUT2D eigenvalue weighted by atomic mass is 16.5. The van der Waals surface area contributed by atoms with Crippen LogP contribution in [-0.2, 0) is 17.7 Å². The third-order valence-corrected chi connectivity index (χ3v) is 3.05. The maximum atomic E-state index is 11.6. The molecule has 0 aliphatic carbocycles. The Morgan fingerprint density at radius 1 is 1.25 bits per heavy atom. The molecular weight excluding hydrogens is 252 g/mol. The maximum Gasteiger partial charge on any atom is 0.338 e. The molecule has 0 saturated carbocycles. The number of hydrogen-bond donors (Lipinski definition) is 1. The van der Waals surface area contributed by atoms with Gasteiger partial charge >= 0.3 is 5.97 Å². The minimum absolute atomic E-state index is 0.297. The first-order chi connectivity index (χ1) is 9.81. The van der Waals surface area contributed by atoms with Gasteiger partial charge in [-0.25, -0.2) is 4.79 Å². The van der Waals surface area contributed by atoms with Crippen LogP contribution in [0.2, 0.25) is 0 Å². The minimum Gasteiger partial charge on any atom is -0.465 e. The number of nitrogens with one attached hydrogen (secondary N) is 1. The fourth-order valence-electron chi connectivity index (χ4n) is 1.99. The summed E-state index contributed by atoms with van der Waals surface area (Å²) in [7, 11) is 1.40. The molecule has 0 atom stereocenters. The van der Waals surface area contributed by atoms with Crippen molar-refractivity contribution in [2.75, 3.05) is 13.7 Å². The highest BCUT2D eigenvalue weighted by Crippen LogP contribution is 2.09. The van der Waals surface area contributed by atoms with Crippen LogP contribution in [-0.4, -0.2) is 24.6 Å². The van der Waals surface area contributed by atoms with Gasteiger partial charge in [0.15, 0.2) is 0 Å². The summed E-state index contributed by atoms with van der Waals surface area (Å²) >= 11 is 0. The number of nitrogens with zero attached hydrogens (tertiary/aromatic N) is 1. The van der Waals surface area contributed by atoms with E-state index in [1.807, 2.05) is 30.5 Å². The van der Waals surface area contributed by atoms with Gasteiger partial charge < -0.3 is 10.1 Å². The van der Waals surface area contributed by atoms with Gasteiger partial charge in [0.2, 0.25) is 0 Å². The van der Waals surface area contributed by atoms with Crippen LogP contribution >= 0.6 is 0 Å². The summed E-state index contributed by atoms with van der Waals surface area (Å²) in [6.07, 6.45) is 4.54. The van der Waals surface area contributed by atoms with E-state index in [2.05, 4.69) is 16.4 Å². The number of pyridine rings is 1. The summed E-state index contributed by atoms with van der Waals surface area (Å²) in [4.78, 5) is 15.7. The Morgan fingerprint density at radius 2 is 2.10 bits per heavy atom. The summed E-state index contributed by atoms with van der Waals surface area (Å²) in [6, 6.07) is 11.5. The lowest BCUT2D eigenvalue weighted by molar-refractivity contribution is 0.0599. The van der Waals surface area contributed by atoms with E-state index in [9.17, 15) is 4.79 Å². The van der Waals surface area contributed by atoms with Crippen molar-refractivity contribution in [3.05, 3.63) is 65.5 Å². The SMILES string of the molecule is COC(=O)c1ccccc1CNCCc1cccnc1. The van der Waals surface area contributed by atoms with Gasteiger partial charge in [0.25, 0.3) is 0 Å². The number of carbonyl (C=O) groups excluding carboxylic acids is 1. The number of ether oxygens (including phenoxy) is 1. The monoisotopic (exact) mass is 270 g/mol. The van der Waals surface area contributed by atoms with Crippen molar-refractivity contribution in [2.24, 2.45) is 0 Å². The predicted molar refractivity (Wildman–Crippen MR) is 77.4 cm³/mol. The lowest BCUT2D eigenvalue weighted by atomic mass is 10.1. The Hall–Kier alpha value is -2.20. The number of esters is 1. The molecule has 1 aromatic heterocycles. The zero-order valence-corrected chi connectivity index (χ0v) is 11.5. The summed E-state index contributed by atoms with van der Waals surface area (Å²) in [5.74, 6) is -0.297. The molecule has 0 unspecified atom stereocenters. The second-order valence-electron chi connectivity index (χ2n) is 4.44. The van der Waals surface area contributed by atoms with Crippen molar-refractivity contribution in [2.45, 2.75) is 13.0 Å². The quantitative estimate of drug-likeness (QED) is 0.646. The first kappa shape index (κ1) is 14.2. The molecule has 1 aromatic carbocycles. The molecule has 0 saturated heterocycles. The molecule has 1 N–H and O–H groups in total. The van der Waals surface area contributed by atoms with Gasteiger partial charge in [-0.2, -0.15) is 0 Å². The summed E-state index contributed by atoms with van der Waals surface area (Å²) in [5, 5.41) is 3.33. The van der Waals surface area contributed by atoms with E-state index >= 15 is 0 Å². The third-order valence-electron chi connectivity index (χ3n) is 3.05. The van der Waals surface area contributed by atoms with Gasteiger partial charge in [0, 0.05) is 18.9 Å². The molecule has 1 heterocycles. The van der Waals surface area contributed by atoms with Crippen molar-refractivity contribution >= 4 is 5.97 Å². The second kappa shape index (κ2) is 7.40. The predicted octanol–water partition coefficient (Wildman–Crippen LogP) is 2.20. The van der Waals surface area contributed by atoms with E-state index in [1.54, 1.807) is 12.3 Å². The van der Waals surface area contributed by atoms with Crippen LogP contribution in [0.15, 0.2) is 48.8 Å². The Balaban J connectivity index is 1.87. The molecular formula is C16H18N2O2. The minimum atomic E-state index is -0.297. The highest BCUT2D eigenvalue weighted by Gasteiger charge is 2.09. The topological polar surface area (TPSA) is 51.2 Å². The Labute approximate surface area is 118 Å². The van der Waals surface area contributed by atoms with Crippen LogP contribution in [0.25, 0.3) is 0 Å². The molecule has 2 aromatic rings. The van der Waals surface area contributed by atoms with Crippen LogP contribution in [0.4, 0.5) is 0 Å². The van der Waals surface area contributed by atoms with E-state index in [4.69, 9.17) is 4.74 Å². The maximum absolute atomic E-state index is 11.6. The molecule has 4 heteroatoms. The number of benzene rings is 1. The van der Waals surface area contributed by atoms with Crippen LogP contribution in [0.3, 0.4) is 0 Å². The van der Waals surface area contributed by atoms with E-state index < -0.39 is 0 Å². The average Bonchev–Trinajstić information content (AvgIpc) is 2.52. The first-order valence-corrected chi connectivity index (χ1v) is 6.57. The Morgan fingerprint density at radius 3 is 2.85 bits per heavy atom. The average molecular weight is 270 g/mol. The lowest BCUT2D eigenvalue weighted by Gasteiger charge is -2.09. The fraction of sp³-hybridized carbons (Fsp3) is 0.250. The molecule has 0 aliphatic rings. The standard InChI is InChI=1S/C16H18N2O2/c1-20-16(19)15-7-3-2-6-14(15)12-18-10-8-13-5-4-9-17-11-13/h2-7,9,11,18H,8,10,12H2,1H3. The van der Waals surface area contributed by atoms with Crippen LogP contribution in [0, 0.1) is 0 Å². The van der Waals surface area contributed by atoms with Crippen molar-refractivity contribution in [3.8, 4) is 0 Å². The molecule has 0 spiro atoms. The number of rotatable bonds is 6. The number of aromatic nitrogens is 1. The van der Waals surface area contributed by atoms with Gasteiger partial charge in [-0.1, -0.05) is 24.3 Å². The van der Waals surface area contributed by atoms with E-state index in [-0.39, 0.29) is 5.97 Å². The molecule has 0 aliphatic heterocycles. The van der Waals surface area contributed by atoms with Crippen LogP contribution in [0.5, 0.6) is 0 Å². The number of hydrogen-bond acceptors (Lipinski definition) is 4. The van der Waals surface area contributed by atoms with Crippen molar-refractivity contribution < 1.29 is 9.53 Å². The zero-order valence-electron chi connectivity index (χ0n) is 11.5. The molecule has 20 heavy (non-hydrogen) atoms. The second-order valence-corrected chi connectivity index (χ2v) is 4.44. The molecule has 0 bridgehead atoms. The molecule has 4 nitrogen and oxygen atoms in total. The summed E-state index contributed by atoms with van der Waals surface area (Å²) in [5.41, 5.74) is 2.76. The Bertz CT molecular complexity index is 555. The molecule has 0 amide bonds. The fourth-order valence-corrected chi connectivity index (χ4v) is 1.99. The first-order valence-electron chi connectivity index (χ1n) is 6.57. The zero-order chi connectivity index (χ0) is 14.2. The molecule has 104 valence electrons. The van der Waals surface area contributed by atoms with Gasteiger partial charge in [0.1, 0.15) is 0 Å². The Kier molecular flexibility index (Phi) is 5.26. The van der Waals surface area contributed by atoms with Gasteiger partial charge in [0.05, 0.1) is 12.7 Å². The number of methoxy groups -OCH3 is 1. The summed E-state index contributed by atoms with van der Waals surface area (Å²) < 4.78 is 4.78. The van der Waals surface area contributed by atoms with Crippen molar-refractivity contribution in [3.63, 3.8) is 0 Å². The van der Waals surface area contributed by atoms with Gasteiger partial charge in [-0.15, -0.1) is 0 Å². The van der Waals surface area contributed by atoms with Crippen molar-refractivity contribution in [1.82, 2.24) is 10.3 Å². The number of carbonyl (C=O) groups is 1. The van der Waals surface area contributed by atoms with E-state index in [0.717, 1.165) is 18.5 Å². The largest absolute Gasteiger partial charge is 0.465 e. The normalized spacial score (nSPS) is 10.2. The molecule has 0 fully saturated rings. The van der Waals surface area contributed by atoms with Crippen LogP contribution < -0.4 is 5.32 Å². The summed E-state index contributed by atoms with van der Waals surface area (Å²) in [6.45, 7) is 1.48. The third kappa shape index (κ3) is 3.90. The van der Waals surface area contributed by atoms with E-state index in [0.29, 0.717) is 12.1 Å².